The summed E-state index contributed by atoms with van der Waals surface area (Å²) in [5, 5.41) is 0. The van der Waals surface area contributed by atoms with Crippen LogP contribution in [0.3, 0.4) is 0 Å². The third-order valence-electron chi connectivity index (χ3n) is 1.80. The predicted octanol–water partition coefficient (Wildman–Crippen LogP) is 2.95. The van der Waals surface area contributed by atoms with Crippen LogP contribution < -0.4 is 0 Å². The first-order valence-electron chi connectivity index (χ1n) is 5.09. The molecule has 0 atom stereocenters. The summed E-state index contributed by atoms with van der Waals surface area (Å²) >= 11 is 0. The Morgan fingerprint density at radius 2 is 1.58 bits per heavy atom. The van der Waals surface area contributed by atoms with Crippen molar-refractivity contribution in [1.82, 2.24) is 0 Å². The van der Waals surface area contributed by atoms with Gasteiger partial charge in [-0.2, -0.15) is 0 Å². The van der Waals surface area contributed by atoms with Crippen LogP contribution in [0, 0.1) is 0 Å². The molecule has 12 heavy (non-hydrogen) atoms. The highest BCUT2D eigenvalue weighted by Crippen LogP contribution is 2.04. The molecular formula is C10H21BO. The zero-order valence-electron chi connectivity index (χ0n) is 8.51. The standard InChI is InChI=1S/C10H21BO/c1-10(2)12-9-7-5-3-4-6-8-11/h10H,3-9H2,1-2H3. The Balaban J connectivity index is 2.82. The second-order valence-corrected chi connectivity index (χ2v) is 3.48. The van der Waals surface area contributed by atoms with Crippen LogP contribution in [-0.2, 0) is 4.74 Å². The maximum Gasteiger partial charge on any atom is 0.0653 e. The van der Waals surface area contributed by atoms with Crippen molar-refractivity contribution in [3.8, 4) is 0 Å². The molecule has 0 aromatic heterocycles. The monoisotopic (exact) mass is 168 g/mol. The van der Waals surface area contributed by atoms with Crippen molar-refractivity contribution in [2.24, 2.45) is 0 Å². The highest BCUT2D eigenvalue weighted by molar-refractivity contribution is 6.08. The van der Waals surface area contributed by atoms with Crippen LogP contribution in [0.1, 0.15) is 46.0 Å². The lowest BCUT2D eigenvalue weighted by atomic mass is 9.99. The van der Waals surface area contributed by atoms with E-state index in [1.54, 1.807) is 0 Å². The highest BCUT2D eigenvalue weighted by Gasteiger charge is 1.93. The van der Waals surface area contributed by atoms with E-state index >= 15 is 0 Å². The molecule has 0 fully saturated rings. The summed E-state index contributed by atoms with van der Waals surface area (Å²) in [6.07, 6.45) is 7.45. The van der Waals surface area contributed by atoms with Gasteiger partial charge in [0.25, 0.3) is 0 Å². The van der Waals surface area contributed by atoms with Crippen LogP contribution in [0.25, 0.3) is 0 Å². The molecule has 0 N–H and O–H groups in total. The van der Waals surface area contributed by atoms with Gasteiger partial charge in [-0.3, -0.25) is 0 Å². The van der Waals surface area contributed by atoms with Gasteiger partial charge in [-0.05, 0) is 20.3 Å². The molecule has 0 aliphatic rings. The molecule has 0 aromatic carbocycles. The number of ether oxygens (including phenoxy) is 1. The molecule has 0 saturated carbocycles. The van der Waals surface area contributed by atoms with Crippen molar-refractivity contribution in [3.63, 3.8) is 0 Å². The van der Waals surface area contributed by atoms with Crippen LogP contribution in [-0.4, -0.2) is 20.6 Å². The van der Waals surface area contributed by atoms with Crippen LogP contribution in [0.15, 0.2) is 0 Å². The largest absolute Gasteiger partial charge is 0.379 e. The first-order valence-corrected chi connectivity index (χ1v) is 5.09. The smallest absolute Gasteiger partial charge is 0.0653 e. The molecule has 0 aliphatic heterocycles. The summed E-state index contributed by atoms with van der Waals surface area (Å²) in [6.45, 7) is 5.07. The van der Waals surface area contributed by atoms with Gasteiger partial charge >= 0.3 is 0 Å². The van der Waals surface area contributed by atoms with Gasteiger partial charge in [-0.1, -0.05) is 32.0 Å². The molecular weight excluding hydrogens is 147 g/mol. The van der Waals surface area contributed by atoms with Crippen LogP contribution in [0.5, 0.6) is 0 Å². The fourth-order valence-electron chi connectivity index (χ4n) is 1.10. The lowest BCUT2D eigenvalue weighted by Crippen LogP contribution is -2.03. The van der Waals surface area contributed by atoms with E-state index < -0.39 is 0 Å². The molecule has 0 aromatic rings. The highest BCUT2D eigenvalue weighted by atomic mass is 16.5. The van der Waals surface area contributed by atoms with Crippen molar-refractivity contribution < 1.29 is 4.74 Å². The van der Waals surface area contributed by atoms with Gasteiger partial charge < -0.3 is 4.74 Å². The average Bonchev–Trinajstić information content (AvgIpc) is 2.02. The average molecular weight is 168 g/mol. The van der Waals surface area contributed by atoms with Crippen molar-refractivity contribution in [2.75, 3.05) is 6.61 Å². The third-order valence-corrected chi connectivity index (χ3v) is 1.80. The fraction of sp³-hybridized carbons (Fsp3) is 1.00. The molecule has 0 bridgehead atoms. The van der Waals surface area contributed by atoms with E-state index in [0.29, 0.717) is 6.10 Å². The summed E-state index contributed by atoms with van der Waals surface area (Å²) < 4.78 is 5.42. The second kappa shape index (κ2) is 9.12. The molecule has 70 valence electrons. The van der Waals surface area contributed by atoms with E-state index in [0.717, 1.165) is 12.9 Å². The number of unbranched alkanes of at least 4 members (excludes halogenated alkanes) is 4. The van der Waals surface area contributed by atoms with Crippen LogP contribution in [0.2, 0.25) is 6.32 Å². The van der Waals surface area contributed by atoms with Crippen molar-refractivity contribution in [3.05, 3.63) is 0 Å². The van der Waals surface area contributed by atoms with E-state index in [-0.39, 0.29) is 0 Å². The first kappa shape index (κ1) is 12.0. The molecule has 0 amide bonds. The molecule has 0 unspecified atom stereocenters. The molecule has 0 saturated heterocycles. The van der Waals surface area contributed by atoms with E-state index in [9.17, 15) is 0 Å². The Morgan fingerprint density at radius 3 is 2.17 bits per heavy atom. The maximum atomic E-state index is 5.42. The molecule has 0 aliphatic carbocycles. The minimum atomic E-state index is 0.383. The van der Waals surface area contributed by atoms with Crippen LogP contribution >= 0.6 is 0 Å². The van der Waals surface area contributed by atoms with Crippen LogP contribution in [0.4, 0.5) is 0 Å². The van der Waals surface area contributed by atoms with E-state index in [1.807, 2.05) is 0 Å². The number of hydrogen-bond donors (Lipinski definition) is 0. The second-order valence-electron chi connectivity index (χ2n) is 3.48. The first-order chi connectivity index (χ1) is 5.77. The minimum Gasteiger partial charge on any atom is -0.379 e. The van der Waals surface area contributed by atoms with Gasteiger partial charge in [-0.25, -0.2) is 0 Å². The Labute approximate surface area is 78.3 Å². The number of rotatable bonds is 8. The third kappa shape index (κ3) is 10.0. The van der Waals surface area contributed by atoms with Gasteiger partial charge in [0, 0.05) is 6.61 Å². The zero-order chi connectivity index (χ0) is 9.23. The van der Waals surface area contributed by atoms with Crippen molar-refractivity contribution in [1.29, 1.82) is 0 Å². The number of hydrogen-bond acceptors (Lipinski definition) is 1. The van der Waals surface area contributed by atoms with Gasteiger partial charge in [0.2, 0.25) is 0 Å². The summed E-state index contributed by atoms with van der Waals surface area (Å²) in [4.78, 5) is 0. The summed E-state index contributed by atoms with van der Waals surface area (Å²) in [5.74, 6) is 0. The van der Waals surface area contributed by atoms with Crippen molar-refractivity contribution >= 4 is 7.85 Å². The van der Waals surface area contributed by atoms with E-state index in [1.165, 1.54) is 32.1 Å². The molecule has 0 spiro atoms. The Kier molecular flexibility index (Phi) is 9.13. The normalized spacial score (nSPS) is 10.9. The summed E-state index contributed by atoms with van der Waals surface area (Å²) in [6, 6.07) is 0. The SMILES string of the molecule is [B]CCCCCCCOC(C)C. The molecule has 1 nitrogen and oxygen atoms in total. The predicted molar refractivity (Wildman–Crippen MR) is 54.7 cm³/mol. The molecule has 2 heteroatoms. The van der Waals surface area contributed by atoms with Crippen molar-refractivity contribution in [2.45, 2.75) is 58.4 Å². The maximum absolute atomic E-state index is 5.42. The zero-order valence-corrected chi connectivity index (χ0v) is 8.51. The fourth-order valence-corrected chi connectivity index (χ4v) is 1.10. The Bertz CT molecular complexity index is 83.9. The van der Waals surface area contributed by atoms with E-state index in [2.05, 4.69) is 13.8 Å². The van der Waals surface area contributed by atoms with Gasteiger partial charge in [0.05, 0.1) is 14.0 Å². The molecule has 2 radical (unpaired) electrons. The summed E-state index contributed by atoms with van der Waals surface area (Å²) in [7, 11) is 5.38. The van der Waals surface area contributed by atoms with Gasteiger partial charge in [-0.15, -0.1) is 0 Å². The van der Waals surface area contributed by atoms with E-state index in [4.69, 9.17) is 12.6 Å². The Hall–Kier alpha value is 0.0249. The molecule has 0 rings (SSSR count). The lowest BCUT2D eigenvalue weighted by molar-refractivity contribution is 0.0757. The Morgan fingerprint density at radius 1 is 1.00 bits per heavy atom. The lowest BCUT2D eigenvalue weighted by Gasteiger charge is -2.06. The topological polar surface area (TPSA) is 9.23 Å². The minimum absolute atomic E-state index is 0.383. The molecule has 0 heterocycles. The summed E-state index contributed by atoms with van der Waals surface area (Å²) in [5.41, 5.74) is 0. The quantitative estimate of drug-likeness (QED) is 0.400. The van der Waals surface area contributed by atoms with Gasteiger partial charge in [0.1, 0.15) is 0 Å². The van der Waals surface area contributed by atoms with Gasteiger partial charge in [0.15, 0.2) is 0 Å².